The lowest BCUT2D eigenvalue weighted by Crippen LogP contribution is -1.97. The molecule has 0 unspecified atom stereocenters. The number of carbonyl (C=O) groups is 1. The number of hydrogen-bond acceptors (Lipinski definition) is 2. The summed E-state index contributed by atoms with van der Waals surface area (Å²) in [6, 6.07) is 25.2. The van der Waals surface area contributed by atoms with E-state index in [1.807, 2.05) is 30.3 Å². The summed E-state index contributed by atoms with van der Waals surface area (Å²) in [5.74, 6) is -0.952. The van der Waals surface area contributed by atoms with E-state index in [0.29, 0.717) is 5.69 Å². The third kappa shape index (κ3) is 3.65. The van der Waals surface area contributed by atoms with Crippen LogP contribution < -0.4 is 0 Å². The predicted octanol–water partition coefficient (Wildman–Crippen LogP) is 5.14. The molecule has 4 heteroatoms. The fraction of sp³-hybridized carbons (Fsp3) is 0.0435. The van der Waals surface area contributed by atoms with Crippen LogP contribution in [-0.4, -0.2) is 21.9 Å². The molecule has 4 nitrogen and oxygen atoms in total. The number of benzene rings is 3. The summed E-state index contributed by atoms with van der Waals surface area (Å²) < 4.78 is 2.21. The van der Waals surface area contributed by atoms with Gasteiger partial charge in [0.1, 0.15) is 0 Å². The van der Waals surface area contributed by atoms with Gasteiger partial charge in [-0.3, -0.25) is 4.99 Å². The topological polar surface area (TPSA) is 54.6 Å². The average Bonchev–Trinajstić information content (AvgIpc) is 3.05. The Bertz CT molecular complexity index is 1130. The first-order valence-corrected chi connectivity index (χ1v) is 8.70. The van der Waals surface area contributed by atoms with E-state index in [1.165, 1.54) is 5.56 Å². The van der Waals surface area contributed by atoms with Crippen LogP contribution >= 0.6 is 0 Å². The van der Waals surface area contributed by atoms with Crippen LogP contribution in [0, 0.1) is 0 Å². The highest BCUT2D eigenvalue weighted by Crippen LogP contribution is 2.22. The molecule has 0 saturated carbocycles. The summed E-state index contributed by atoms with van der Waals surface area (Å²) in [6.45, 7) is 0.781. The highest BCUT2D eigenvalue weighted by molar-refractivity contribution is 6.00. The molecule has 0 atom stereocenters. The van der Waals surface area contributed by atoms with Crippen molar-refractivity contribution in [2.75, 3.05) is 0 Å². The van der Waals surface area contributed by atoms with Crippen LogP contribution in [0.4, 0.5) is 5.69 Å². The van der Waals surface area contributed by atoms with E-state index in [2.05, 4.69) is 40.0 Å². The smallest absolute Gasteiger partial charge is 0.335 e. The summed E-state index contributed by atoms with van der Waals surface area (Å²) in [5, 5.41) is 10.2. The molecule has 0 aliphatic heterocycles. The number of para-hydroxylation sites is 1. The maximum Gasteiger partial charge on any atom is 0.335 e. The molecule has 3 aromatic carbocycles. The molecule has 0 fully saturated rings. The van der Waals surface area contributed by atoms with Crippen molar-refractivity contribution in [3.63, 3.8) is 0 Å². The second-order valence-electron chi connectivity index (χ2n) is 6.33. The molecule has 0 radical (unpaired) electrons. The SMILES string of the molecule is O=C(O)c1cccc(N=Cc2cn(Cc3ccccc3)c3ccccc23)c1. The first-order chi connectivity index (χ1) is 13.2. The number of carboxylic acids is 1. The number of aliphatic imine (C=N–C) groups is 1. The van der Waals surface area contributed by atoms with Gasteiger partial charge in [0.2, 0.25) is 0 Å². The molecule has 0 saturated heterocycles. The Kier molecular flexibility index (Phi) is 4.54. The van der Waals surface area contributed by atoms with Gasteiger partial charge >= 0.3 is 5.97 Å². The zero-order chi connectivity index (χ0) is 18.6. The van der Waals surface area contributed by atoms with E-state index in [0.717, 1.165) is 23.0 Å². The molecule has 1 heterocycles. The van der Waals surface area contributed by atoms with Crippen LogP contribution in [0.5, 0.6) is 0 Å². The highest BCUT2D eigenvalue weighted by Gasteiger charge is 2.07. The Morgan fingerprint density at radius 1 is 0.963 bits per heavy atom. The summed E-state index contributed by atoms with van der Waals surface area (Å²) in [7, 11) is 0. The zero-order valence-electron chi connectivity index (χ0n) is 14.6. The fourth-order valence-corrected chi connectivity index (χ4v) is 3.15. The fourth-order valence-electron chi connectivity index (χ4n) is 3.15. The van der Waals surface area contributed by atoms with Crippen molar-refractivity contribution in [1.29, 1.82) is 0 Å². The molecular weight excluding hydrogens is 336 g/mol. The van der Waals surface area contributed by atoms with Crippen LogP contribution in [-0.2, 0) is 6.54 Å². The Morgan fingerprint density at radius 3 is 2.56 bits per heavy atom. The van der Waals surface area contributed by atoms with Gasteiger partial charge in [0.05, 0.1) is 11.3 Å². The minimum absolute atomic E-state index is 0.233. The lowest BCUT2D eigenvalue weighted by atomic mass is 10.2. The molecule has 4 rings (SSSR count). The molecule has 0 amide bonds. The summed E-state index contributed by atoms with van der Waals surface area (Å²) >= 11 is 0. The number of nitrogens with zero attached hydrogens (tertiary/aromatic N) is 2. The number of rotatable bonds is 5. The predicted molar refractivity (Wildman–Crippen MR) is 108 cm³/mol. The first-order valence-electron chi connectivity index (χ1n) is 8.70. The largest absolute Gasteiger partial charge is 0.478 e. The van der Waals surface area contributed by atoms with Gasteiger partial charge in [-0.05, 0) is 29.8 Å². The zero-order valence-corrected chi connectivity index (χ0v) is 14.6. The van der Waals surface area contributed by atoms with Crippen molar-refractivity contribution in [3.05, 3.63) is 102 Å². The Hall–Kier alpha value is -3.66. The van der Waals surface area contributed by atoms with E-state index in [1.54, 1.807) is 30.5 Å². The van der Waals surface area contributed by atoms with E-state index in [9.17, 15) is 4.79 Å². The van der Waals surface area contributed by atoms with E-state index >= 15 is 0 Å². The number of fused-ring (bicyclic) bond motifs is 1. The van der Waals surface area contributed by atoms with Crippen molar-refractivity contribution in [3.8, 4) is 0 Å². The second kappa shape index (κ2) is 7.30. The van der Waals surface area contributed by atoms with E-state index in [-0.39, 0.29) is 5.56 Å². The molecule has 4 aromatic rings. The number of aromatic nitrogens is 1. The van der Waals surface area contributed by atoms with E-state index in [4.69, 9.17) is 5.11 Å². The Balaban J connectivity index is 1.70. The average molecular weight is 354 g/mol. The quantitative estimate of drug-likeness (QED) is 0.505. The summed E-state index contributed by atoms with van der Waals surface area (Å²) in [5.41, 5.74) is 4.23. The van der Waals surface area contributed by atoms with Crippen LogP contribution in [0.15, 0.2) is 90.1 Å². The molecular formula is C23H18N2O2. The van der Waals surface area contributed by atoms with Crippen LogP contribution in [0.25, 0.3) is 10.9 Å². The van der Waals surface area contributed by atoms with Gasteiger partial charge < -0.3 is 9.67 Å². The van der Waals surface area contributed by atoms with Crippen molar-refractivity contribution in [2.45, 2.75) is 6.54 Å². The standard InChI is InChI=1S/C23H18N2O2/c26-23(27)18-9-6-10-20(13-18)24-14-19-16-25(15-17-7-2-1-3-8-17)22-12-5-4-11-21(19)22/h1-14,16H,15H2,(H,26,27). The van der Waals surface area contributed by atoms with Crippen molar-refractivity contribution in [2.24, 2.45) is 4.99 Å². The Morgan fingerprint density at radius 2 is 1.74 bits per heavy atom. The van der Waals surface area contributed by atoms with Gasteiger partial charge in [-0.25, -0.2) is 4.79 Å². The monoisotopic (exact) mass is 354 g/mol. The first kappa shape index (κ1) is 16.8. The molecule has 132 valence electrons. The van der Waals surface area contributed by atoms with Gasteiger partial charge in [-0.15, -0.1) is 0 Å². The molecule has 1 aromatic heterocycles. The highest BCUT2D eigenvalue weighted by atomic mass is 16.4. The van der Waals surface area contributed by atoms with Gasteiger partial charge in [0.15, 0.2) is 0 Å². The molecule has 27 heavy (non-hydrogen) atoms. The van der Waals surface area contributed by atoms with Gasteiger partial charge in [-0.2, -0.15) is 0 Å². The maximum atomic E-state index is 11.1. The number of hydrogen-bond donors (Lipinski definition) is 1. The third-order valence-corrected chi connectivity index (χ3v) is 4.46. The van der Waals surface area contributed by atoms with Crippen molar-refractivity contribution >= 4 is 28.8 Å². The second-order valence-corrected chi connectivity index (χ2v) is 6.33. The van der Waals surface area contributed by atoms with Gasteiger partial charge in [0.25, 0.3) is 0 Å². The third-order valence-electron chi connectivity index (χ3n) is 4.46. The lowest BCUT2D eigenvalue weighted by Gasteiger charge is -2.05. The number of carboxylic acid groups (broad SMARTS) is 1. The molecule has 1 N–H and O–H groups in total. The molecule has 0 bridgehead atoms. The minimum atomic E-state index is -0.952. The Labute approximate surface area is 157 Å². The van der Waals surface area contributed by atoms with Crippen LogP contribution in [0.1, 0.15) is 21.5 Å². The van der Waals surface area contributed by atoms with Crippen molar-refractivity contribution in [1.82, 2.24) is 4.57 Å². The van der Waals surface area contributed by atoms with E-state index < -0.39 is 5.97 Å². The van der Waals surface area contributed by atoms with Crippen LogP contribution in [0.2, 0.25) is 0 Å². The maximum absolute atomic E-state index is 11.1. The summed E-state index contributed by atoms with van der Waals surface area (Å²) in [4.78, 5) is 15.6. The normalized spacial score (nSPS) is 11.3. The lowest BCUT2D eigenvalue weighted by molar-refractivity contribution is 0.0697. The molecule has 0 spiro atoms. The van der Waals surface area contributed by atoms with Gasteiger partial charge in [-0.1, -0.05) is 54.6 Å². The van der Waals surface area contributed by atoms with Crippen molar-refractivity contribution < 1.29 is 9.90 Å². The number of aromatic carboxylic acids is 1. The van der Waals surface area contributed by atoms with Gasteiger partial charge in [0, 0.05) is 35.4 Å². The molecule has 0 aliphatic rings. The summed E-state index contributed by atoms with van der Waals surface area (Å²) in [6.07, 6.45) is 3.88. The van der Waals surface area contributed by atoms with Crippen LogP contribution in [0.3, 0.4) is 0 Å². The molecule has 0 aliphatic carbocycles. The minimum Gasteiger partial charge on any atom is -0.478 e.